The number of hydrogen-bond donors (Lipinski definition) is 0. The number of benzene rings is 1. The van der Waals surface area contributed by atoms with Crippen LogP contribution in [-0.4, -0.2) is 0 Å². The lowest BCUT2D eigenvalue weighted by atomic mass is 10.0. The second-order valence-corrected chi connectivity index (χ2v) is 3.18. The third-order valence-corrected chi connectivity index (χ3v) is 1.59. The van der Waals surface area contributed by atoms with E-state index in [0.717, 1.165) is 0 Å². The van der Waals surface area contributed by atoms with E-state index in [1.165, 1.54) is 0 Å². The highest BCUT2D eigenvalue weighted by Gasteiger charge is 1.95. The second-order valence-electron chi connectivity index (χ2n) is 2.38. The molecule has 0 unspecified atom stereocenters. The monoisotopic (exact) mass is 202 g/mol. The molecule has 0 aliphatic heterocycles. The molecule has 0 heterocycles. The summed E-state index contributed by atoms with van der Waals surface area (Å²) in [4.78, 5) is 0. The summed E-state index contributed by atoms with van der Waals surface area (Å²) in [7, 11) is 0. The van der Waals surface area contributed by atoms with Gasteiger partial charge in [0.2, 0.25) is 0 Å². The summed E-state index contributed by atoms with van der Waals surface area (Å²) in [6, 6.07) is 0.0881. The molecule has 0 radical (unpaired) electrons. The van der Waals surface area contributed by atoms with Crippen molar-refractivity contribution >= 4 is 15.9 Å². The van der Waals surface area contributed by atoms with Crippen LogP contribution in [0.2, 0.25) is 0 Å². The van der Waals surface area contributed by atoms with Crippen LogP contribution in [0.3, 0.4) is 0 Å². The Labute approximate surface area is 76.0 Å². The average molecular weight is 203 g/mol. The Balaban J connectivity index is 3.60. The maximum Gasteiger partial charge on any atom is 0.0635 e. The summed E-state index contributed by atoms with van der Waals surface area (Å²) >= 11 is 3.05. The molecule has 0 aromatic heterocycles. The average Bonchev–Trinajstić information content (AvgIpc) is 2.11. The fourth-order valence-electron chi connectivity index (χ4n) is 0.596. The molecule has 0 aliphatic rings. The third-order valence-electron chi connectivity index (χ3n) is 1.19. The van der Waals surface area contributed by atoms with Gasteiger partial charge in [0.1, 0.15) is 0 Å². The first-order valence-electron chi connectivity index (χ1n) is 5.13. The molecule has 0 N–H and O–H groups in total. The standard InChI is InChI=1S/C9H11Br/c1-7(2)8-3-5-9(10)6-4-8/h3-7H,1-2H3/i3D,4D,5D,6D. The van der Waals surface area contributed by atoms with Crippen LogP contribution in [0.1, 0.15) is 30.8 Å². The van der Waals surface area contributed by atoms with E-state index >= 15 is 0 Å². The van der Waals surface area contributed by atoms with Crippen molar-refractivity contribution in [2.75, 3.05) is 0 Å². The summed E-state index contributed by atoms with van der Waals surface area (Å²) in [5.74, 6) is -0.00343. The molecule has 0 bridgehead atoms. The molecule has 0 atom stereocenters. The van der Waals surface area contributed by atoms with E-state index in [-0.39, 0.29) is 34.6 Å². The van der Waals surface area contributed by atoms with E-state index < -0.39 is 0 Å². The first kappa shape index (κ1) is 3.91. The van der Waals surface area contributed by atoms with Crippen LogP contribution in [-0.2, 0) is 0 Å². The molecule has 1 heteroatoms. The van der Waals surface area contributed by atoms with Gasteiger partial charge in [0.05, 0.1) is 5.48 Å². The largest absolute Gasteiger partial charge is 0.0635 e. The zero-order valence-electron chi connectivity index (χ0n) is 9.96. The second kappa shape index (κ2) is 3.20. The van der Waals surface area contributed by atoms with E-state index in [1.54, 1.807) is 0 Å². The van der Waals surface area contributed by atoms with E-state index in [1.807, 2.05) is 13.8 Å². The topological polar surface area (TPSA) is 0 Å². The molecule has 0 spiro atoms. The Bertz CT molecular complexity index is 345. The lowest BCUT2D eigenvalue weighted by molar-refractivity contribution is 0.866. The Kier molecular flexibility index (Phi) is 1.25. The Morgan fingerprint density at radius 1 is 1.30 bits per heavy atom. The van der Waals surface area contributed by atoms with Crippen molar-refractivity contribution in [1.29, 1.82) is 0 Å². The highest BCUT2D eigenvalue weighted by molar-refractivity contribution is 9.10. The molecule has 1 aromatic carbocycles. The maximum atomic E-state index is 7.68. The lowest BCUT2D eigenvalue weighted by Gasteiger charge is -2.03. The molecule has 0 nitrogen and oxygen atoms in total. The summed E-state index contributed by atoms with van der Waals surface area (Å²) < 4.78 is 30.8. The summed E-state index contributed by atoms with van der Waals surface area (Å²) in [5, 5.41) is 0. The highest BCUT2D eigenvalue weighted by Crippen LogP contribution is 2.16. The predicted octanol–water partition coefficient (Wildman–Crippen LogP) is 3.57. The van der Waals surface area contributed by atoms with Gasteiger partial charge in [-0.3, -0.25) is 0 Å². The van der Waals surface area contributed by atoms with Gasteiger partial charge in [0.15, 0.2) is 0 Å². The van der Waals surface area contributed by atoms with Crippen molar-refractivity contribution in [2.45, 2.75) is 19.8 Å². The Morgan fingerprint density at radius 3 is 2.20 bits per heavy atom. The van der Waals surface area contributed by atoms with Gasteiger partial charge in [-0.2, -0.15) is 0 Å². The third kappa shape index (κ3) is 1.84. The molecular formula is C9H11Br. The molecule has 1 rings (SSSR count). The minimum Gasteiger partial charge on any atom is -0.0587 e. The smallest absolute Gasteiger partial charge is 0.0587 e. The van der Waals surface area contributed by atoms with Crippen molar-refractivity contribution in [1.82, 2.24) is 0 Å². The van der Waals surface area contributed by atoms with E-state index in [2.05, 4.69) is 15.9 Å². The highest BCUT2D eigenvalue weighted by atomic mass is 79.9. The van der Waals surface area contributed by atoms with E-state index in [9.17, 15) is 0 Å². The van der Waals surface area contributed by atoms with Crippen LogP contribution >= 0.6 is 15.9 Å². The molecule has 0 fully saturated rings. The fraction of sp³-hybridized carbons (Fsp3) is 0.333. The van der Waals surface area contributed by atoms with E-state index in [4.69, 9.17) is 5.48 Å². The molecule has 0 saturated heterocycles. The van der Waals surface area contributed by atoms with Gasteiger partial charge in [-0.05, 0) is 23.6 Å². The molecule has 0 aliphatic carbocycles. The Hall–Kier alpha value is -0.300. The van der Waals surface area contributed by atoms with Gasteiger partial charge < -0.3 is 0 Å². The van der Waals surface area contributed by atoms with Crippen LogP contribution in [0, 0.1) is 0 Å². The van der Waals surface area contributed by atoms with Crippen molar-refractivity contribution in [2.24, 2.45) is 0 Å². The number of hydrogen-bond acceptors (Lipinski definition) is 0. The molecule has 54 valence electrons. The number of halogens is 1. The van der Waals surface area contributed by atoms with Gasteiger partial charge in [-0.25, -0.2) is 0 Å². The minimum atomic E-state index is -0.00491. The van der Waals surface area contributed by atoms with E-state index in [0.29, 0.717) is 5.56 Å². The fourth-order valence-corrected chi connectivity index (χ4v) is 0.794. The molecule has 1 aromatic rings. The van der Waals surface area contributed by atoms with Crippen LogP contribution < -0.4 is 0 Å². The SMILES string of the molecule is [2H]c1c([2H])c(C(C)C)c([2H])c([2H])c1Br. The van der Waals surface area contributed by atoms with Gasteiger partial charge in [0, 0.05) is 4.47 Å². The van der Waals surface area contributed by atoms with Crippen LogP contribution in [0.15, 0.2) is 28.6 Å². The Morgan fingerprint density at radius 2 is 1.80 bits per heavy atom. The first-order valence-corrected chi connectivity index (χ1v) is 3.93. The number of rotatable bonds is 1. The zero-order chi connectivity index (χ0) is 11.0. The zero-order valence-corrected chi connectivity index (χ0v) is 7.54. The van der Waals surface area contributed by atoms with Gasteiger partial charge in [-0.1, -0.05) is 41.9 Å². The molecule has 10 heavy (non-hydrogen) atoms. The van der Waals surface area contributed by atoms with Crippen LogP contribution in [0.4, 0.5) is 0 Å². The van der Waals surface area contributed by atoms with Crippen molar-refractivity contribution in [3.8, 4) is 0 Å². The van der Waals surface area contributed by atoms with Crippen molar-refractivity contribution in [3.05, 3.63) is 34.2 Å². The maximum absolute atomic E-state index is 7.68. The van der Waals surface area contributed by atoms with Crippen LogP contribution in [0.5, 0.6) is 0 Å². The summed E-state index contributed by atoms with van der Waals surface area (Å²) in [6.07, 6.45) is 0. The minimum absolute atomic E-state index is 0.00343. The molecule has 0 amide bonds. The summed E-state index contributed by atoms with van der Waals surface area (Å²) in [6.45, 7) is 3.72. The first-order chi connectivity index (χ1) is 6.37. The van der Waals surface area contributed by atoms with Gasteiger partial charge >= 0.3 is 0 Å². The van der Waals surface area contributed by atoms with Crippen molar-refractivity contribution in [3.63, 3.8) is 0 Å². The molecular weight excluding hydrogens is 188 g/mol. The lowest BCUT2D eigenvalue weighted by Crippen LogP contribution is -1.84. The van der Waals surface area contributed by atoms with Crippen molar-refractivity contribution < 1.29 is 5.48 Å². The normalized spacial score (nSPS) is 16.0. The van der Waals surface area contributed by atoms with Gasteiger partial charge in [-0.15, -0.1) is 0 Å². The van der Waals surface area contributed by atoms with Crippen LogP contribution in [0.25, 0.3) is 0 Å². The quantitative estimate of drug-likeness (QED) is 0.654. The summed E-state index contributed by atoms with van der Waals surface area (Å²) in [5.41, 5.74) is 0.475. The molecule has 0 saturated carbocycles. The van der Waals surface area contributed by atoms with Gasteiger partial charge in [0.25, 0.3) is 0 Å². The predicted molar refractivity (Wildman–Crippen MR) is 48.2 cm³/mol.